The maximum Gasteiger partial charge on any atom is 0.240 e. The first-order chi connectivity index (χ1) is 5.61. The predicted molar refractivity (Wildman–Crippen MR) is 46.1 cm³/mol. The highest BCUT2D eigenvalue weighted by Gasteiger charge is 2.10. The minimum atomic E-state index is -0.207. The van der Waals surface area contributed by atoms with Crippen molar-refractivity contribution in [2.45, 2.75) is 33.6 Å². The Labute approximate surface area is 72.9 Å². The molecule has 0 heterocycles. The van der Waals surface area contributed by atoms with Crippen LogP contribution in [0.4, 0.5) is 0 Å². The maximum atomic E-state index is 11.2. The zero-order chi connectivity index (χ0) is 9.56. The van der Waals surface area contributed by atoms with Crippen LogP contribution in [-0.4, -0.2) is 23.4 Å². The quantitative estimate of drug-likeness (QED) is 0.636. The first-order valence-corrected chi connectivity index (χ1v) is 4.19. The van der Waals surface area contributed by atoms with Crippen molar-refractivity contribution in [1.29, 1.82) is 0 Å². The number of hydrogen-bond acceptors (Lipinski definition) is 2. The lowest BCUT2D eigenvalue weighted by Gasteiger charge is -2.20. The number of nitrogens with zero attached hydrogens (tertiary/aromatic N) is 1. The second-order valence-corrected chi connectivity index (χ2v) is 2.56. The second kappa shape index (κ2) is 5.57. The average Bonchev–Trinajstić information content (AvgIpc) is 2.00. The first-order valence-electron chi connectivity index (χ1n) is 4.19. The van der Waals surface area contributed by atoms with Gasteiger partial charge in [0.1, 0.15) is 0 Å². The third kappa shape index (κ3) is 3.95. The lowest BCUT2D eigenvalue weighted by atomic mass is 10.3. The number of amides is 2. The van der Waals surface area contributed by atoms with Crippen molar-refractivity contribution in [3.05, 3.63) is 0 Å². The molecule has 0 aliphatic carbocycles. The van der Waals surface area contributed by atoms with Crippen molar-refractivity contribution >= 4 is 11.8 Å². The van der Waals surface area contributed by atoms with Gasteiger partial charge in [-0.25, -0.2) is 0 Å². The first kappa shape index (κ1) is 10.9. The molecule has 2 amide bonds. The summed E-state index contributed by atoms with van der Waals surface area (Å²) in [5.41, 5.74) is 2.46. The van der Waals surface area contributed by atoms with Crippen LogP contribution in [0.2, 0.25) is 0 Å². The molecule has 0 saturated carbocycles. The van der Waals surface area contributed by atoms with Crippen LogP contribution in [0, 0.1) is 0 Å². The number of carbonyl (C=O) groups excluding carboxylic acids is 2. The highest BCUT2D eigenvalue weighted by Crippen LogP contribution is 1.93. The molecular formula is C8H16N2O2. The molecule has 0 saturated heterocycles. The van der Waals surface area contributed by atoms with Gasteiger partial charge in [-0.1, -0.05) is 6.92 Å². The van der Waals surface area contributed by atoms with Crippen molar-refractivity contribution in [2.75, 3.05) is 6.54 Å². The van der Waals surface area contributed by atoms with Crippen molar-refractivity contribution in [3.8, 4) is 0 Å². The Bertz CT molecular complexity index is 168. The molecule has 4 heteroatoms. The molecule has 0 aromatic heterocycles. The third-order valence-corrected chi connectivity index (χ3v) is 1.37. The molecule has 0 fully saturated rings. The van der Waals surface area contributed by atoms with Gasteiger partial charge in [-0.05, 0) is 13.3 Å². The maximum absolute atomic E-state index is 11.2. The summed E-state index contributed by atoms with van der Waals surface area (Å²) in [5.74, 6) is -0.239. The van der Waals surface area contributed by atoms with E-state index >= 15 is 0 Å². The Morgan fingerprint density at radius 3 is 2.25 bits per heavy atom. The Morgan fingerprint density at radius 2 is 1.92 bits per heavy atom. The van der Waals surface area contributed by atoms with E-state index in [9.17, 15) is 9.59 Å². The molecular weight excluding hydrogens is 156 g/mol. The van der Waals surface area contributed by atoms with Crippen LogP contribution in [0.25, 0.3) is 0 Å². The van der Waals surface area contributed by atoms with Crippen molar-refractivity contribution in [1.82, 2.24) is 10.4 Å². The number of rotatable bonds is 3. The Balaban J connectivity index is 3.96. The van der Waals surface area contributed by atoms with Gasteiger partial charge in [0.05, 0.1) is 0 Å². The molecule has 70 valence electrons. The second-order valence-electron chi connectivity index (χ2n) is 2.56. The van der Waals surface area contributed by atoms with Gasteiger partial charge in [0.25, 0.3) is 0 Å². The lowest BCUT2D eigenvalue weighted by Crippen LogP contribution is -2.44. The molecule has 0 radical (unpaired) electrons. The summed E-state index contributed by atoms with van der Waals surface area (Å²) in [6.07, 6.45) is 1.28. The third-order valence-electron chi connectivity index (χ3n) is 1.37. The van der Waals surface area contributed by atoms with E-state index < -0.39 is 0 Å². The molecule has 0 aromatic carbocycles. The van der Waals surface area contributed by atoms with Crippen LogP contribution in [0.3, 0.4) is 0 Å². The fourth-order valence-electron chi connectivity index (χ4n) is 0.857. The van der Waals surface area contributed by atoms with E-state index in [1.54, 1.807) is 0 Å². The summed E-state index contributed by atoms with van der Waals surface area (Å²) >= 11 is 0. The van der Waals surface area contributed by atoms with Crippen LogP contribution in [-0.2, 0) is 9.59 Å². The van der Waals surface area contributed by atoms with Crippen LogP contribution >= 0.6 is 0 Å². The molecule has 0 aromatic rings. The van der Waals surface area contributed by atoms with E-state index in [-0.39, 0.29) is 11.8 Å². The molecule has 0 bridgehead atoms. The zero-order valence-electron chi connectivity index (χ0n) is 7.89. The topological polar surface area (TPSA) is 49.4 Å². The molecule has 4 nitrogen and oxygen atoms in total. The normalized spacial score (nSPS) is 9.25. The number of nitrogens with one attached hydrogen (secondary N) is 1. The van der Waals surface area contributed by atoms with Gasteiger partial charge >= 0.3 is 0 Å². The van der Waals surface area contributed by atoms with E-state index in [1.807, 2.05) is 13.8 Å². The summed E-state index contributed by atoms with van der Waals surface area (Å²) < 4.78 is 0. The van der Waals surface area contributed by atoms with Gasteiger partial charge in [0.15, 0.2) is 0 Å². The Hall–Kier alpha value is -1.06. The standard InChI is InChI=1S/C8H16N2O2/c1-4-6-8(12)10(5-2)9-7(3)11/h4-6H2,1-3H3,(H,9,11). The molecule has 0 rings (SSSR count). The summed E-state index contributed by atoms with van der Waals surface area (Å²) in [4.78, 5) is 21.8. The van der Waals surface area contributed by atoms with Gasteiger partial charge in [-0.2, -0.15) is 0 Å². The fourth-order valence-corrected chi connectivity index (χ4v) is 0.857. The monoisotopic (exact) mass is 172 g/mol. The van der Waals surface area contributed by atoms with Crippen LogP contribution < -0.4 is 5.43 Å². The van der Waals surface area contributed by atoms with E-state index in [4.69, 9.17) is 0 Å². The molecule has 0 unspecified atom stereocenters. The summed E-state index contributed by atoms with van der Waals surface area (Å²) in [6.45, 7) is 5.66. The number of hydrazine groups is 1. The van der Waals surface area contributed by atoms with Crippen LogP contribution in [0.15, 0.2) is 0 Å². The summed E-state index contributed by atoms with van der Waals surface area (Å²) in [5, 5.41) is 1.34. The highest BCUT2D eigenvalue weighted by atomic mass is 16.2. The minimum absolute atomic E-state index is 0.0322. The lowest BCUT2D eigenvalue weighted by molar-refractivity contribution is -0.140. The Morgan fingerprint density at radius 1 is 1.33 bits per heavy atom. The van der Waals surface area contributed by atoms with E-state index in [0.29, 0.717) is 13.0 Å². The summed E-state index contributed by atoms with van der Waals surface area (Å²) in [7, 11) is 0. The smallest absolute Gasteiger partial charge is 0.240 e. The van der Waals surface area contributed by atoms with Crippen molar-refractivity contribution < 1.29 is 9.59 Å². The molecule has 0 aliphatic rings. The van der Waals surface area contributed by atoms with Gasteiger partial charge in [0, 0.05) is 19.9 Å². The van der Waals surface area contributed by atoms with Crippen molar-refractivity contribution in [3.63, 3.8) is 0 Å². The van der Waals surface area contributed by atoms with E-state index in [1.165, 1.54) is 11.9 Å². The predicted octanol–water partition coefficient (Wildman–Crippen LogP) is 0.686. The number of hydrogen-bond donors (Lipinski definition) is 1. The van der Waals surface area contributed by atoms with Crippen LogP contribution in [0.1, 0.15) is 33.6 Å². The Kier molecular flexibility index (Phi) is 5.08. The van der Waals surface area contributed by atoms with Gasteiger partial charge in [-0.15, -0.1) is 0 Å². The molecule has 12 heavy (non-hydrogen) atoms. The van der Waals surface area contributed by atoms with Gasteiger partial charge in [0.2, 0.25) is 11.8 Å². The summed E-state index contributed by atoms with van der Waals surface area (Å²) in [6, 6.07) is 0. The van der Waals surface area contributed by atoms with Gasteiger partial charge in [-0.3, -0.25) is 20.0 Å². The van der Waals surface area contributed by atoms with Crippen molar-refractivity contribution in [2.24, 2.45) is 0 Å². The highest BCUT2D eigenvalue weighted by molar-refractivity contribution is 5.80. The minimum Gasteiger partial charge on any atom is -0.274 e. The molecule has 1 N–H and O–H groups in total. The largest absolute Gasteiger partial charge is 0.274 e. The zero-order valence-corrected chi connectivity index (χ0v) is 7.89. The fraction of sp³-hybridized carbons (Fsp3) is 0.750. The molecule has 0 spiro atoms. The molecule has 0 atom stereocenters. The average molecular weight is 172 g/mol. The van der Waals surface area contributed by atoms with Crippen LogP contribution in [0.5, 0.6) is 0 Å². The SMILES string of the molecule is CCCC(=O)N(CC)NC(C)=O. The van der Waals surface area contributed by atoms with E-state index in [0.717, 1.165) is 6.42 Å². The number of carbonyl (C=O) groups is 2. The van der Waals surface area contributed by atoms with E-state index in [2.05, 4.69) is 5.43 Å². The van der Waals surface area contributed by atoms with Gasteiger partial charge < -0.3 is 0 Å². The molecule has 0 aliphatic heterocycles.